The minimum absolute atomic E-state index is 0.0684. The van der Waals surface area contributed by atoms with Crippen LogP contribution in [0.15, 0.2) is 12.2 Å². The molecule has 0 heterocycles. The Bertz CT molecular complexity index is 885. The lowest BCUT2D eigenvalue weighted by atomic mass is 10.0. The van der Waals surface area contributed by atoms with Crippen molar-refractivity contribution in [2.45, 2.75) is 284 Å². The zero-order chi connectivity index (χ0) is 41.5. The number of unbranched alkanes of at least 4 members (excludes halogenated alkanes) is 33. The second-order valence-electron chi connectivity index (χ2n) is 17.1. The Kier molecular flexibility index (Phi) is 45.3. The van der Waals surface area contributed by atoms with Crippen LogP contribution in [-0.2, 0) is 28.6 Å². The molecule has 57 heavy (non-hydrogen) atoms. The Balaban J connectivity index is 4.30. The first-order chi connectivity index (χ1) is 28.0. The van der Waals surface area contributed by atoms with E-state index in [1.807, 2.05) is 0 Å². The molecule has 0 radical (unpaired) electrons. The third-order valence-electron chi connectivity index (χ3n) is 11.3. The van der Waals surface area contributed by atoms with Crippen molar-refractivity contribution >= 4 is 17.9 Å². The van der Waals surface area contributed by atoms with Gasteiger partial charge in [0.2, 0.25) is 0 Å². The average Bonchev–Trinajstić information content (AvgIpc) is 3.21. The highest BCUT2D eigenvalue weighted by molar-refractivity contribution is 5.71. The molecule has 0 aromatic carbocycles. The van der Waals surface area contributed by atoms with Crippen LogP contribution in [0.2, 0.25) is 0 Å². The van der Waals surface area contributed by atoms with Crippen LogP contribution in [0, 0.1) is 0 Å². The Morgan fingerprint density at radius 2 is 0.579 bits per heavy atom. The second kappa shape index (κ2) is 46.8. The lowest BCUT2D eigenvalue weighted by Gasteiger charge is -2.18. The van der Waals surface area contributed by atoms with Crippen LogP contribution >= 0.6 is 0 Å². The lowest BCUT2D eigenvalue weighted by molar-refractivity contribution is -0.167. The summed E-state index contributed by atoms with van der Waals surface area (Å²) < 4.78 is 16.8. The summed E-state index contributed by atoms with van der Waals surface area (Å²) in [6, 6.07) is 0. The molecule has 0 aliphatic carbocycles. The number of carbonyl (C=O) groups is 3. The van der Waals surface area contributed by atoms with Crippen molar-refractivity contribution in [3.63, 3.8) is 0 Å². The van der Waals surface area contributed by atoms with E-state index in [0.717, 1.165) is 64.2 Å². The molecule has 0 saturated carbocycles. The maximum atomic E-state index is 12.7. The van der Waals surface area contributed by atoms with Gasteiger partial charge in [0.25, 0.3) is 0 Å². The van der Waals surface area contributed by atoms with E-state index in [1.54, 1.807) is 0 Å². The molecule has 0 aliphatic heterocycles. The minimum Gasteiger partial charge on any atom is -0.462 e. The maximum Gasteiger partial charge on any atom is 0.306 e. The fourth-order valence-corrected chi connectivity index (χ4v) is 7.44. The summed E-state index contributed by atoms with van der Waals surface area (Å²) >= 11 is 0. The molecular formula is C51H96O6. The molecule has 0 amide bonds. The largest absolute Gasteiger partial charge is 0.462 e. The van der Waals surface area contributed by atoms with Crippen LogP contribution in [0.4, 0.5) is 0 Å². The van der Waals surface area contributed by atoms with E-state index >= 15 is 0 Å². The van der Waals surface area contributed by atoms with Gasteiger partial charge < -0.3 is 14.2 Å². The average molecular weight is 805 g/mol. The van der Waals surface area contributed by atoms with Gasteiger partial charge in [0.1, 0.15) is 13.2 Å². The van der Waals surface area contributed by atoms with Crippen LogP contribution in [0.1, 0.15) is 278 Å². The molecule has 1 atom stereocenters. The van der Waals surface area contributed by atoms with Crippen molar-refractivity contribution in [3.05, 3.63) is 12.2 Å². The second-order valence-corrected chi connectivity index (χ2v) is 17.1. The lowest BCUT2D eigenvalue weighted by Crippen LogP contribution is -2.30. The molecule has 0 fully saturated rings. The van der Waals surface area contributed by atoms with Crippen LogP contribution in [0.25, 0.3) is 0 Å². The van der Waals surface area contributed by atoms with Crippen LogP contribution in [0.5, 0.6) is 0 Å². The van der Waals surface area contributed by atoms with E-state index in [4.69, 9.17) is 14.2 Å². The molecule has 0 aromatic heterocycles. The quantitative estimate of drug-likeness (QED) is 0.0264. The zero-order valence-electron chi connectivity index (χ0n) is 38.4. The van der Waals surface area contributed by atoms with Gasteiger partial charge in [-0.25, -0.2) is 0 Å². The number of hydrogen-bond donors (Lipinski definition) is 0. The summed E-state index contributed by atoms with van der Waals surface area (Å²) in [6.45, 7) is 6.63. The van der Waals surface area contributed by atoms with E-state index in [-0.39, 0.29) is 31.1 Å². The van der Waals surface area contributed by atoms with Crippen LogP contribution in [0.3, 0.4) is 0 Å². The van der Waals surface area contributed by atoms with Crippen molar-refractivity contribution in [1.29, 1.82) is 0 Å². The summed E-state index contributed by atoms with van der Waals surface area (Å²) in [4.78, 5) is 37.8. The van der Waals surface area contributed by atoms with Crippen molar-refractivity contribution in [3.8, 4) is 0 Å². The molecular weight excluding hydrogens is 709 g/mol. The van der Waals surface area contributed by atoms with Gasteiger partial charge in [-0.3, -0.25) is 14.4 Å². The third kappa shape index (κ3) is 45.1. The minimum atomic E-state index is -0.766. The van der Waals surface area contributed by atoms with Gasteiger partial charge in [-0.05, 0) is 44.9 Å². The van der Waals surface area contributed by atoms with E-state index < -0.39 is 6.10 Å². The molecule has 6 heteroatoms. The predicted molar refractivity (Wildman–Crippen MR) is 243 cm³/mol. The Labute approximate surface area is 354 Å². The molecule has 6 nitrogen and oxygen atoms in total. The summed E-state index contributed by atoms with van der Waals surface area (Å²) in [7, 11) is 0. The molecule has 0 unspecified atom stereocenters. The SMILES string of the molecule is CCCCCC/C=C\CCCCCCCC(=O)O[C@H](COC(=O)CCCCCCCCCCCC)COC(=O)CCCCCCCCCCCCCCCCCC. The Morgan fingerprint density at radius 3 is 0.895 bits per heavy atom. The predicted octanol–water partition coefficient (Wildman–Crippen LogP) is 16.2. The van der Waals surface area contributed by atoms with Gasteiger partial charge in [0, 0.05) is 19.3 Å². The molecule has 0 spiro atoms. The van der Waals surface area contributed by atoms with Crippen molar-refractivity contribution < 1.29 is 28.6 Å². The number of esters is 3. The number of allylic oxidation sites excluding steroid dienone is 2. The number of carbonyl (C=O) groups excluding carboxylic acids is 3. The van der Waals surface area contributed by atoms with Crippen LogP contribution in [-0.4, -0.2) is 37.2 Å². The summed E-state index contributed by atoms with van der Waals surface area (Å²) in [6.07, 6.45) is 50.5. The summed E-state index contributed by atoms with van der Waals surface area (Å²) in [5.74, 6) is -0.864. The van der Waals surface area contributed by atoms with Crippen molar-refractivity contribution in [1.82, 2.24) is 0 Å². The zero-order valence-corrected chi connectivity index (χ0v) is 38.4. The number of hydrogen-bond acceptors (Lipinski definition) is 6. The highest BCUT2D eigenvalue weighted by Gasteiger charge is 2.19. The molecule has 0 N–H and O–H groups in total. The van der Waals surface area contributed by atoms with Gasteiger partial charge >= 0.3 is 17.9 Å². The van der Waals surface area contributed by atoms with Gasteiger partial charge in [0.15, 0.2) is 6.10 Å². The smallest absolute Gasteiger partial charge is 0.306 e. The first-order valence-electron chi connectivity index (χ1n) is 25.2. The van der Waals surface area contributed by atoms with Crippen molar-refractivity contribution in [2.75, 3.05) is 13.2 Å². The Hall–Kier alpha value is -1.85. The van der Waals surface area contributed by atoms with Gasteiger partial charge in [0.05, 0.1) is 0 Å². The van der Waals surface area contributed by atoms with E-state index in [1.165, 1.54) is 173 Å². The fraction of sp³-hybridized carbons (Fsp3) is 0.902. The molecule has 0 aromatic rings. The molecule has 0 aliphatic rings. The molecule has 336 valence electrons. The molecule has 0 bridgehead atoms. The van der Waals surface area contributed by atoms with E-state index in [0.29, 0.717) is 19.3 Å². The van der Waals surface area contributed by atoms with Gasteiger partial charge in [-0.1, -0.05) is 226 Å². The van der Waals surface area contributed by atoms with Gasteiger partial charge in [-0.15, -0.1) is 0 Å². The first kappa shape index (κ1) is 55.2. The van der Waals surface area contributed by atoms with E-state index in [9.17, 15) is 14.4 Å². The first-order valence-corrected chi connectivity index (χ1v) is 25.2. The number of ether oxygens (including phenoxy) is 3. The summed E-state index contributed by atoms with van der Waals surface area (Å²) in [5.41, 5.74) is 0. The van der Waals surface area contributed by atoms with Gasteiger partial charge in [-0.2, -0.15) is 0 Å². The van der Waals surface area contributed by atoms with Crippen LogP contribution < -0.4 is 0 Å². The topological polar surface area (TPSA) is 78.9 Å². The Morgan fingerprint density at radius 1 is 0.333 bits per heavy atom. The maximum absolute atomic E-state index is 12.7. The summed E-state index contributed by atoms with van der Waals surface area (Å²) in [5, 5.41) is 0. The monoisotopic (exact) mass is 805 g/mol. The highest BCUT2D eigenvalue weighted by Crippen LogP contribution is 2.16. The standard InChI is InChI=1S/C51H96O6/c1-4-7-10-13-16-19-22-24-25-26-28-29-32-35-38-41-44-50(53)56-47-48(46-55-49(52)43-40-37-34-31-21-18-15-12-9-6-3)57-51(54)45-42-39-36-33-30-27-23-20-17-14-11-8-5-2/h20,23,48H,4-19,21-22,24-47H2,1-3H3/b23-20-/t48-/m1/s1. The normalized spacial score (nSPS) is 12.0. The molecule has 0 rings (SSSR count). The third-order valence-corrected chi connectivity index (χ3v) is 11.3. The molecule has 0 saturated heterocycles. The highest BCUT2D eigenvalue weighted by atomic mass is 16.6. The number of rotatable bonds is 46. The van der Waals surface area contributed by atoms with Crippen molar-refractivity contribution in [2.24, 2.45) is 0 Å². The fourth-order valence-electron chi connectivity index (χ4n) is 7.44. The van der Waals surface area contributed by atoms with E-state index in [2.05, 4.69) is 32.9 Å².